The topological polar surface area (TPSA) is 55.8 Å². The van der Waals surface area contributed by atoms with E-state index in [9.17, 15) is 9.59 Å². The van der Waals surface area contributed by atoms with Gasteiger partial charge in [-0.05, 0) is 26.0 Å². The highest BCUT2D eigenvalue weighted by Crippen LogP contribution is 2.22. The van der Waals surface area contributed by atoms with Gasteiger partial charge in [0.15, 0.2) is 11.8 Å². The molecular weight excluding hydrogens is 246 g/mol. The van der Waals surface area contributed by atoms with Gasteiger partial charge in [-0.2, -0.15) is 0 Å². The van der Waals surface area contributed by atoms with Crippen LogP contribution in [0.2, 0.25) is 0 Å². The Hall–Kier alpha value is -2.04. The zero-order chi connectivity index (χ0) is 14.4. The summed E-state index contributed by atoms with van der Waals surface area (Å²) in [6.07, 6.45) is 0. The molecule has 0 aliphatic heterocycles. The van der Waals surface area contributed by atoms with E-state index < -0.39 is 12.0 Å². The molecule has 5 nitrogen and oxygen atoms in total. The maximum absolute atomic E-state index is 11.8. The number of methoxy groups -OCH3 is 1. The van der Waals surface area contributed by atoms with E-state index in [1.54, 1.807) is 50.2 Å². The monoisotopic (exact) mass is 265 g/mol. The van der Waals surface area contributed by atoms with Crippen molar-refractivity contribution in [1.29, 1.82) is 0 Å². The van der Waals surface area contributed by atoms with Crippen LogP contribution in [0.25, 0.3) is 0 Å². The quantitative estimate of drug-likeness (QED) is 0.578. The van der Waals surface area contributed by atoms with E-state index in [4.69, 9.17) is 9.47 Å². The number of benzene rings is 1. The average molecular weight is 265 g/mol. The van der Waals surface area contributed by atoms with Gasteiger partial charge in [0, 0.05) is 18.8 Å². The van der Waals surface area contributed by atoms with Crippen LogP contribution in [0.4, 0.5) is 5.69 Å². The van der Waals surface area contributed by atoms with Crippen molar-refractivity contribution in [3.05, 3.63) is 24.3 Å². The van der Waals surface area contributed by atoms with Crippen LogP contribution in [-0.4, -0.2) is 38.6 Å². The molecule has 0 spiro atoms. The molecule has 0 saturated carbocycles. The number of nitrogens with zero attached hydrogens (tertiary/aromatic N) is 1. The molecule has 0 aliphatic carbocycles. The second kappa shape index (κ2) is 6.78. The summed E-state index contributed by atoms with van der Waals surface area (Å²) in [7, 11) is 3.24. The van der Waals surface area contributed by atoms with Crippen molar-refractivity contribution >= 4 is 17.4 Å². The third kappa shape index (κ3) is 3.71. The molecule has 0 radical (unpaired) electrons. The summed E-state index contributed by atoms with van der Waals surface area (Å²) in [4.78, 5) is 25.1. The number of esters is 1. The van der Waals surface area contributed by atoms with E-state index in [0.29, 0.717) is 11.4 Å². The lowest BCUT2D eigenvalue weighted by atomic mass is 10.1. The number of anilines is 1. The van der Waals surface area contributed by atoms with Crippen LogP contribution < -0.4 is 9.64 Å². The van der Waals surface area contributed by atoms with Gasteiger partial charge in [-0.3, -0.25) is 4.79 Å². The molecule has 1 rings (SSSR count). The van der Waals surface area contributed by atoms with Crippen LogP contribution in [0.3, 0.4) is 0 Å². The first-order valence-electron chi connectivity index (χ1n) is 6.05. The van der Waals surface area contributed by atoms with E-state index in [1.165, 1.54) is 6.92 Å². The summed E-state index contributed by atoms with van der Waals surface area (Å²) in [6, 6.07) is 6.22. The summed E-state index contributed by atoms with van der Waals surface area (Å²) in [6.45, 7) is 3.33. The number of Topliss-reactive ketones (excluding diaryl/α,β-unsaturated/α-hetero) is 1. The first-order valence-corrected chi connectivity index (χ1v) is 6.05. The lowest BCUT2D eigenvalue weighted by molar-refractivity contribution is -0.147. The Balaban J connectivity index is 3.01. The van der Waals surface area contributed by atoms with E-state index in [2.05, 4.69) is 0 Å². The maximum atomic E-state index is 11.8. The number of carbonyl (C=O) groups excluding carboxylic acids is 2. The van der Waals surface area contributed by atoms with Crippen molar-refractivity contribution < 1.29 is 19.1 Å². The van der Waals surface area contributed by atoms with E-state index >= 15 is 0 Å². The van der Waals surface area contributed by atoms with Crippen LogP contribution >= 0.6 is 0 Å². The van der Waals surface area contributed by atoms with Crippen LogP contribution in [-0.2, 0) is 14.3 Å². The number of carbonyl (C=O) groups is 2. The highest BCUT2D eigenvalue weighted by atomic mass is 16.5. The molecule has 0 heterocycles. The molecule has 1 aromatic carbocycles. The Bertz CT molecular complexity index is 459. The molecule has 5 heteroatoms. The molecule has 0 N–H and O–H groups in total. The molecule has 1 unspecified atom stereocenters. The van der Waals surface area contributed by atoms with E-state index in [-0.39, 0.29) is 12.4 Å². The molecule has 1 atom stereocenters. The van der Waals surface area contributed by atoms with Crippen molar-refractivity contribution in [2.24, 2.45) is 0 Å². The Morgan fingerprint density at radius 2 is 2.05 bits per heavy atom. The fraction of sp³-hybridized carbons (Fsp3) is 0.429. The SMILES string of the molecule is CCOC(=O)C(C(C)=O)N(C)c1cccc(OC)c1. The minimum atomic E-state index is -0.938. The molecular formula is C14H19NO4. The Morgan fingerprint density at radius 1 is 1.37 bits per heavy atom. The van der Waals surface area contributed by atoms with Gasteiger partial charge in [0.2, 0.25) is 0 Å². The first-order chi connectivity index (χ1) is 9.01. The molecule has 0 saturated heterocycles. The van der Waals surface area contributed by atoms with Crippen molar-refractivity contribution in [3.63, 3.8) is 0 Å². The Labute approximate surface area is 113 Å². The Morgan fingerprint density at radius 3 is 2.58 bits per heavy atom. The van der Waals surface area contributed by atoms with Gasteiger partial charge in [-0.25, -0.2) is 4.79 Å². The smallest absolute Gasteiger partial charge is 0.336 e. The van der Waals surface area contributed by atoms with Gasteiger partial charge < -0.3 is 14.4 Å². The number of ether oxygens (including phenoxy) is 2. The van der Waals surface area contributed by atoms with Crippen molar-refractivity contribution in [2.75, 3.05) is 25.7 Å². The molecule has 0 aromatic heterocycles. The fourth-order valence-corrected chi connectivity index (χ4v) is 1.80. The van der Waals surface area contributed by atoms with Crippen molar-refractivity contribution in [3.8, 4) is 5.75 Å². The van der Waals surface area contributed by atoms with Crippen LogP contribution in [0.5, 0.6) is 5.75 Å². The summed E-state index contributed by atoms with van der Waals surface area (Å²) in [5.74, 6) is -0.139. The molecule has 0 amide bonds. The van der Waals surface area contributed by atoms with Crippen LogP contribution in [0.1, 0.15) is 13.8 Å². The van der Waals surface area contributed by atoms with Gasteiger partial charge in [0.1, 0.15) is 5.75 Å². The number of hydrogen-bond donors (Lipinski definition) is 0. The highest BCUT2D eigenvalue weighted by Gasteiger charge is 2.29. The molecule has 0 bridgehead atoms. The number of likely N-dealkylation sites (N-methyl/N-ethyl adjacent to an activating group) is 1. The molecule has 104 valence electrons. The number of ketones is 1. The molecule has 19 heavy (non-hydrogen) atoms. The maximum Gasteiger partial charge on any atom is 0.336 e. The zero-order valence-corrected chi connectivity index (χ0v) is 11.7. The minimum absolute atomic E-state index is 0.245. The predicted octanol–water partition coefficient (Wildman–Crippen LogP) is 1.65. The predicted molar refractivity (Wildman–Crippen MR) is 72.5 cm³/mol. The molecule has 0 aliphatic rings. The zero-order valence-electron chi connectivity index (χ0n) is 11.7. The fourth-order valence-electron chi connectivity index (χ4n) is 1.80. The van der Waals surface area contributed by atoms with Crippen LogP contribution in [0, 0.1) is 0 Å². The second-order valence-electron chi connectivity index (χ2n) is 4.08. The number of rotatable bonds is 6. The lowest BCUT2D eigenvalue weighted by Crippen LogP contribution is -2.44. The molecule has 0 fully saturated rings. The Kier molecular flexibility index (Phi) is 5.36. The summed E-state index contributed by atoms with van der Waals surface area (Å²) in [5.41, 5.74) is 0.715. The summed E-state index contributed by atoms with van der Waals surface area (Å²) >= 11 is 0. The average Bonchev–Trinajstić information content (AvgIpc) is 2.38. The summed E-state index contributed by atoms with van der Waals surface area (Å²) < 4.78 is 10.1. The van der Waals surface area contributed by atoms with Gasteiger partial charge >= 0.3 is 5.97 Å². The second-order valence-corrected chi connectivity index (χ2v) is 4.08. The van der Waals surface area contributed by atoms with Gasteiger partial charge in [0.05, 0.1) is 13.7 Å². The first kappa shape index (κ1) is 15.0. The third-order valence-corrected chi connectivity index (χ3v) is 2.74. The molecule has 1 aromatic rings. The highest BCUT2D eigenvalue weighted by molar-refractivity contribution is 6.05. The third-order valence-electron chi connectivity index (χ3n) is 2.74. The number of hydrogen-bond acceptors (Lipinski definition) is 5. The largest absolute Gasteiger partial charge is 0.497 e. The van der Waals surface area contributed by atoms with Crippen LogP contribution in [0.15, 0.2) is 24.3 Å². The van der Waals surface area contributed by atoms with Crippen molar-refractivity contribution in [2.45, 2.75) is 19.9 Å². The lowest BCUT2D eigenvalue weighted by Gasteiger charge is -2.26. The van der Waals surface area contributed by atoms with Gasteiger partial charge in [-0.15, -0.1) is 0 Å². The van der Waals surface area contributed by atoms with Gasteiger partial charge in [0.25, 0.3) is 0 Å². The summed E-state index contributed by atoms with van der Waals surface area (Å²) in [5, 5.41) is 0. The van der Waals surface area contributed by atoms with Gasteiger partial charge in [-0.1, -0.05) is 6.07 Å². The minimum Gasteiger partial charge on any atom is -0.497 e. The standard InChI is InChI=1S/C14H19NO4/c1-5-19-14(17)13(10(2)16)15(3)11-7-6-8-12(9-11)18-4/h6-9,13H,5H2,1-4H3. The van der Waals surface area contributed by atoms with E-state index in [1.807, 2.05) is 0 Å². The van der Waals surface area contributed by atoms with Crippen molar-refractivity contribution in [1.82, 2.24) is 0 Å². The normalized spacial score (nSPS) is 11.6. The van der Waals surface area contributed by atoms with E-state index in [0.717, 1.165) is 0 Å².